The minimum atomic E-state index is -0.417. The molecule has 0 saturated carbocycles. The Morgan fingerprint density at radius 3 is 0.621 bits per heavy atom. The molecule has 0 aliphatic heterocycles. The van der Waals surface area contributed by atoms with Gasteiger partial charge in [-0.05, 0) is 31.0 Å². The lowest BCUT2D eigenvalue weighted by Crippen LogP contribution is -1.76. The Bertz CT molecular complexity index is 436. The molecule has 29 heavy (non-hydrogen) atoms. The van der Waals surface area contributed by atoms with E-state index in [1.807, 2.05) is 13.1 Å². The lowest BCUT2D eigenvalue weighted by Gasteiger charge is -1.66. The summed E-state index contributed by atoms with van der Waals surface area (Å²) in [6.45, 7) is 3.86. The lowest BCUT2D eigenvalue weighted by atomic mass is 11.9. The van der Waals surface area contributed by atoms with Gasteiger partial charge in [0.05, 0.1) is 0 Å². The van der Waals surface area contributed by atoms with E-state index in [2.05, 4.69) is 20.2 Å². The Morgan fingerprint density at radius 1 is 0.552 bits per heavy atom. The number of hydrogen-bond donors (Lipinski definition) is 4. The Hall–Kier alpha value is -0.551. The number of rotatable bonds is 0. The summed E-state index contributed by atoms with van der Waals surface area (Å²) < 4.78 is 8.89. The Kier molecular flexibility index (Phi) is 522. The fourth-order valence-corrected chi connectivity index (χ4v) is 0.612. The van der Waals surface area contributed by atoms with Crippen LogP contribution in [0.15, 0.2) is 0 Å². The van der Waals surface area contributed by atoms with E-state index in [1.54, 1.807) is 0 Å². The van der Waals surface area contributed by atoms with E-state index in [4.69, 9.17) is 55.2 Å². The van der Waals surface area contributed by atoms with Crippen molar-refractivity contribution in [3.8, 4) is 48.0 Å². The van der Waals surface area contributed by atoms with Gasteiger partial charge in [0.15, 0.2) is 0 Å². The maximum absolute atomic E-state index is 7.38. The fourth-order valence-electron chi connectivity index (χ4n) is 0.0680. The predicted octanol–water partition coefficient (Wildman–Crippen LogP) is -6.63. The van der Waals surface area contributed by atoms with Crippen LogP contribution in [-0.2, 0) is 8.23 Å². The highest BCUT2D eigenvalue weighted by atomic mass is 28.3. The maximum atomic E-state index is 7.38. The van der Waals surface area contributed by atoms with E-state index < -0.39 is 18.4 Å². The molecule has 0 aromatic heterocycles. The predicted molar refractivity (Wildman–Crippen MR) is 142 cm³/mol. The Morgan fingerprint density at radius 2 is 0.621 bits per heavy atom. The van der Waals surface area contributed by atoms with Gasteiger partial charge in [-0.15, -0.1) is 36.0 Å². The highest BCUT2D eigenvalue weighted by molar-refractivity contribution is 6.28. The molecule has 0 unspecified atom stereocenters. The first kappa shape index (κ1) is 70.4. The van der Waals surface area contributed by atoms with Crippen LogP contribution in [-0.4, -0.2) is 124 Å². The summed E-state index contributed by atoms with van der Waals surface area (Å²) in [5, 5.41) is 0. The second-order valence-corrected chi connectivity index (χ2v) is 5.76. The van der Waals surface area contributed by atoms with E-state index in [9.17, 15) is 0 Å². The van der Waals surface area contributed by atoms with Crippen LogP contribution in [0.3, 0.4) is 0 Å². The highest BCUT2D eigenvalue weighted by Crippen LogP contribution is 1.32. The van der Waals surface area contributed by atoms with E-state index >= 15 is 0 Å². The van der Waals surface area contributed by atoms with E-state index in [0.29, 0.717) is 38.9 Å². The van der Waals surface area contributed by atoms with Gasteiger partial charge in [-0.3, -0.25) is 0 Å². The van der Waals surface area contributed by atoms with E-state index in [0.717, 1.165) is 0 Å². The summed E-state index contributed by atoms with van der Waals surface area (Å²) in [6, 6.07) is 38.1. The molecule has 0 amide bonds. The molecule has 0 aromatic rings. The van der Waals surface area contributed by atoms with Crippen LogP contribution in [0.4, 0.5) is 0 Å². The van der Waals surface area contributed by atoms with Crippen LogP contribution in [0.2, 0.25) is 13.1 Å². The highest BCUT2D eigenvalue weighted by Gasteiger charge is 1.48. The zero-order valence-electron chi connectivity index (χ0n) is 16.2. The van der Waals surface area contributed by atoms with Gasteiger partial charge in [-0.1, -0.05) is 7.43 Å². The van der Waals surface area contributed by atoms with Crippen LogP contribution in [0.25, 0.3) is 0 Å². The first-order valence-electron chi connectivity index (χ1n) is 5.47. The van der Waals surface area contributed by atoms with Crippen LogP contribution >= 0.6 is 0 Å². The molecule has 0 saturated heterocycles. The second-order valence-electron chi connectivity index (χ2n) is 1.51. The molecule has 0 atom stereocenters. The van der Waals surface area contributed by atoms with Crippen LogP contribution in [0.5, 0.6) is 0 Å². The minimum absolute atomic E-state index is 0. The maximum Gasteiger partial charge on any atom is 0.240 e. The van der Waals surface area contributed by atoms with Gasteiger partial charge in [-0.2, -0.15) is 12.0 Å². The lowest BCUT2D eigenvalue weighted by molar-refractivity contribution is 0.624. The van der Waals surface area contributed by atoms with Gasteiger partial charge in [0, 0.05) is 0 Å². The first-order chi connectivity index (χ1) is 12.5. The fraction of sp³-hybridized carbons (Fsp3) is 0.273. The Labute approximate surface area is 200 Å². The summed E-state index contributed by atoms with van der Waals surface area (Å²) in [6.07, 6.45) is 0. The summed E-state index contributed by atoms with van der Waals surface area (Å²) in [4.78, 5) is 29.0. The Balaban J connectivity index is -0.0000000143. The first-order valence-corrected chi connectivity index (χ1v) is 16.4. The van der Waals surface area contributed by atoms with Crippen molar-refractivity contribution in [2.24, 2.45) is 0 Å². The van der Waals surface area contributed by atoms with Crippen molar-refractivity contribution < 1.29 is 38.4 Å². The molecule has 18 heteroatoms. The average Bonchev–Trinajstić information content (AvgIpc) is 2.63. The van der Waals surface area contributed by atoms with Crippen molar-refractivity contribution in [3.05, 3.63) is 0 Å². The van der Waals surface area contributed by atoms with Crippen LogP contribution in [0.1, 0.15) is 7.43 Å². The molecule has 0 aromatic carbocycles. The van der Waals surface area contributed by atoms with Gasteiger partial charge < -0.3 is 38.4 Å². The molecule has 0 fully saturated rings. The van der Waals surface area contributed by atoms with Crippen molar-refractivity contribution in [1.82, 2.24) is 0 Å². The molecule has 0 bridgehead atoms. The molecule has 0 aliphatic carbocycles. The zero-order chi connectivity index (χ0) is 23.1. The molecule has 0 aliphatic rings. The van der Waals surface area contributed by atoms with Gasteiger partial charge in [0.25, 0.3) is 0 Å². The van der Waals surface area contributed by atoms with Crippen LogP contribution < -0.4 is 0 Å². The summed E-state index contributed by atoms with van der Waals surface area (Å²) >= 11 is 0. The molecular weight excluding hydrogens is 541 g/mol. The van der Waals surface area contributed by atoms with Gasteiger partial charge in [0.2, 0.25) is 55.2 Å². The smallest absolute Gasteiger partial charge is 0.240 e. The molecule has 8 N–H and O–H groups in total. The monoisotopic (exact) mass is 572 g/mol. The van der Waals surface area contributed by atoms with Gasteiger partial charge >= 0.3 is 0 Å². The molecule has 164 valence electrons. The summed E-state index contributed by atoms with van der Waals surface area (Å²) in [7, 11) is 1.12. The third-order valence-corrected chi connectivity index (χ3v) is 2.12. The third kappa shape index (κ3) is 1490. The van der Waals surface area contributed by atoms with Crippen LogP contribution in [0, 0.1) is 48.0 Å². The molecule has 0 rings (SSSR count). The third-order valence-electron chi connectivity index (χ3n) is 0.236. The average molecular weight is 573 g/mol. The standard InChI is InChI=1S/2C2H2OSi2.2C2H4Si.2CH2OSi.CH4.2H4OSi.2H2O/c2*1-4-3-5-2;4*1-3-2;;2*1-2;;/h2*1-2H;2*1H,2H3;2*1-2H;1H4;2*1H,2H3;2*1H2. The number of hydrogen-bond acceptors (Lipinski definition) is 6. The van der Waals surface area contributed by atoms with Crippen molar-refractivity contribution in [3.63, 3.8) is 0 Å². The van der Waals surface area contributed by atoms with E-state index in [1.165, 1.54) is 0 Å². The molecule has 0 heterocycles. The topological polar surface area (TPSA) is 162 Å². The summed E-state index contributed by atoms with van der Waals surface area (Å²) in [5.74, 6) is 0. The molecular formula is C11H32O8Si10. The van der Waals surface area contributed by atoms with E-state index in [-0.39, 0.29) is 55.2 Å². The minimum Gasteiger partial charge on any atom is -0.521 e. The SMILES string of the molecule is C.C#[Si]C.C#[Si]C.C#[Si]O.C#[Si]O.C#[Si]O[Si]#C.C#[Si]O[Si]#C.O.O.O[SiH3].O[SiH3]. The normalized spacial score (nSPS) is 2.90. The quantitative estimate of drug-likeness (QED) is 0.211. The molecule has 8 nitrogen and oxygen atoms in total. The van der Waals surface area contributed by atoms with Gasteiger partial charge in [-0.25, -0.2) is 0 Å². The zero-order valence-corrected chi connectivity index (χ0v) is 28.2. The summed E-state index contributed by atoms with van der Waals surface area (Å²) in [5.41, 5.74) is 0. The second kappa shape index (κ2) is 215. The van der Waals surface area contributed by atoms with Crippen molar-refractivity contribution in [2.75, 3.05) is 0 Å². The largest absolute Gasteiger partial charge is 0.521 e. The molecule has 0 spiro atoms. The van der Waals surface area contributed by atoms with Crippen molar-refractivity contribution >= 4 is 94.1 Å². The van der Waals surface area contributed by atoms with Crippen molar-refractivity contribution in [1.29, 1.82) is 0 Å². The van der Waals surface area contributed by atoms with Crippen molar-refractivity contribution in [2.45, 2.75) is 20.5 Å². The molecule has 0 radical (unpaired) electrons. The van der Waals surface area contributed by atoms with Gasteiger partial charge in [0.1, 0.15) is 21.0 Å².